The van der Waals surface area contributed by atoms with Crippen LogP contribution in [0.4, 0.5) is 0 Å². The lowest BCUT2D eigenvalue weighted by atomic mass is 9.50. The van der Waals surface area contributed by atoms with Gasteiger partial charge in [0.25, 0.3) is 0 Å². The summed E-state index contributed by atoms with van der Waals surface area (Å²) in [5, 5.41) is 10.3. The standard InChI is InChI=1S/C22H38O.C2H6/c1-6-13-21(4)16(7-2)8-9-17-19-11-10-18(15(3)23)22(19,5)14-12-20(17)21;1-2/h12,15-19,23H,6-11,13-14H2,1-5H3;1-2H3. The molecular formula is C24H44O. The van der Waals surface area contributed by atoms with Gasteiger partial charge in [-0.25, -0.2) is 0 Å². The minimum absolute atomic E-state index is 0.144. The Morgan fingerprint density at radius 2 is 1.80 bits per heavy atom. The Morgan fingerprint density at radius 3 is 2.36 bits per heavy atom. The molecule has 1 N–H and O–H groups in total. The second kappa shape index (κ2) is 8.15. The fourth-order valence-corrected chi connectivity index (χ4v) is 7.22. The number of rotatable bonds is 4. The predicted octanol–water partition coefficient (Wildman–Crippen LogP) is 7.00. The summed E-state index contributed by atoms with van der Waals surface area (Å²) in [6.45, 7) is 15.8. The van der Waals surface area contributed by atoms with E-state index >= 15 is 0 Å². The van der Waals surface area contributed by atoms with E-state index in [1.54, 1.807) is 0 Å². The number of fused-ring (bicyclic) bond motifs is 3. The molecule has 7 unspecified atom stereocenters. The largest absolute Gasteiger partial charge is 0.393 e. The highest BCUT2D eigenvalue weighted by atomic mass is 16.3. The van der Waals surface area contributed by atoms with E-state index in [1.807, 2.05) is 26.3 Å². The van der Waals surface area contributed by atoms with Gasteiger partial charge in [-0.2, -0.15) is 0 Å². The molecule has 0 saturated heterocycles. The normalized spacial score (nSPS) is 44.1. The Morgan fingerprint density at radius 1 is 1.12 bits per heavy atom. The number of hydrogen-bond donors (Lipinski definition) is 1. The van der Waals surface area contributed by atoms with Crippen molar-refractivity contribution in [1.29, 1.82) is 0 Å². The molecule has 0 radical (unpaired) electrons. The Labute approximate surface area is 157 Å². The SMILES string of the molecule is CC.CCCC1(C)C2=CCC3(C)C(C(C)O)CCC3C2CCC1CC. The summed E-state index contributed by atoms with van der Waals surface area (Å²) in [4.78, 5) is 0. The van der Waals surface area contributed by atoms with Crippen LogP contribution in [0.15, 0.2) is 11.6 Å². The van der Waals surface area contributed by atoms with Gasteiger partial charge in [0.1, 0.15) is 0 Å². The molecule has 3 aliphatic rings. The third-order valence-electron chi connectivity index (χ3n) is 8.36. The Bertz CT molecular complexity index is 465. The summed E-state index contributed by atoms with van der Waals surface area (Å²) in [6, 6.07) is 0. The van der Waals surface area contributed by atoms with Crippen LogP contribution < -0.4 is 0 Å². The number of aliphatic hydroxyl groups is 1. The predicted molar refractivity (Wildman–Crippen MR) is 110 cm³/mol. The Balaban J connectivity index is 0.00000109. The van der Waals surface area contributed by atoms with E-state index in [9.17, 15) is 5.11 Å². The molecule has 3 rings (SSSR count). The molecule has 146 valence electrons. The molecule has 0 amide bonds. The van der Waals surface area contributed by atoms with Crippen LogP contribution in [0.2, 0.25) is 0 Å². The topological polar surface area (TPSA) is 20.2 Å². The van der Waals surface area contributed by atoms with Crippen molar-refractivity contribution in [3.63, 3.8) is 0 Å². The Kier molecular flexibility index (Phi) is 6.85. The first-order valence-electron chi connectivity index (χ1n) is 11.3. The van der Waals surface area contributed by atoms with Crippen LogP contribution in [0.1, 0.15) is 99.8 Å². The van der Waals surface area contributed by atoms with E-state index in [4.69, 9.17) is 0 Å². The fourth-order valence-electron chi connectivity index (χ4n) is 7.22. The van der Waals surface area contributed by atoms with Crippen LogP contribution >= 0.6 is 0 Å². The van der Waals surface area contributed by atoms with Crippen molar-refractivity contribution in [3.8, 4) is 0 Å². The molecule has 7 atom stereocenters. The van der Waals surface area contributed by atoms with E-state index in [0.717, 1.165) is 17.8 Å². The monoisotopic (exact) mass is 348 g/mol. The van der Waals surface area contributed by atoms with Crippen molar-refractivity contribution < 1.29 is 5.11 Å². The van der Waals surface area contributed by atoms with Crippen molar-refractivity contribution in [3.05, 3.63) is 11.6 Å². The van der Waals surface area contributed by atoms with Crippen molar-refractivity contribution in [2.75, 3.05) is 0 Å². The minimum atomic E-state index is -0.144. The highest BCUT2D eigenvalue weighted by Gasteiger charge is 2.56. The lowest BCUT2D eigenvalue weighted by molar-refractivity contribution is 0.00233. The summed E-state index contributed by atoms with van der Waals surface area (Å²) in [6.07, 6.45) is 13.1. The van der Waals surface area contributed by atoms with Crippen molar-refractivity contribution in [2.24, 2.45) is 34.5 Å². The van der Waals surface area contributed by atoms with Crippen LogP contribution in [0.3, 0.4) is 0 Å². The molecule has 2 saturated carbocycles. The lowest BCUT2D eigenvalue weighted by Crippen LogP contribution is -2.46. The summed E-state index contributed by atoms with van der Waals surface area (Å²) >= 11 is 0. The third-order valence-corrected chi connectivity index (χ3v) is 8.36. The minimum Gasteiger partial charge on any atom is -0.393 e. The van der Waals surface area contributed by atoms with Gasteiger partial charge in [-0.05, 0) is 80.0 Å². The fraction of sp³-hybridized carbons (Fsp3) is 0.917. The molecule has 0 spiro atoms. The van der Waals surface area contributed by atoms with Gasteiger partial charge in [0.05, 0.1) is 6.10 Å². The third kappa shape index (κ3) is 3.35. The summed E-state index contributed by atoms with van der Waals surface area (Å²) in [7, 11) is 0. The molecule has 0 aromatic heterocycles. The molecule has 3 aliphatic carbocycles. The highest BCUT2D eigenvalue weighted by Crippen LogP contribution is 2.64. The zero-order valence-corrected chi connectivity index (χ0v) is 18.1. The summed E-state index contributed by atoms with van der Waals surface area (Å²) in [5.41, 5.74) is 2.61. The first-order valence-corrected chi connectivity index (χ1v) is 11.3. The van der Waals surface area contributed by atoms with Crippen molar-refractivity contribution >= 4 is 0 Å². The zero-order chi connectivity index (χ0) is 18.8. The van der Waals surface area contributed by atoms with E-state index in [0.29, 0.717) is 16.7 Å². The molecule has 0 aromatic carbocycles. The van der Waals surface area contributed by atoms with Gasteiger partial charge in [-0.1, -0.05) is 66.0 Å². The quantitative estimate of drug-likeness (QED) is 0.542. The second-order valence-corrected chi connectivity index (χ2v) is 9.36. The van der Waals surface area contributed by atoms with Gasteiger partial charge >= 0.3 is 0 Å². The smallest absolute Gasteiger partial charge is 0.0545 e. The number of aliphatic hydroxyl groups excluding tert-OH is 1. The van der Waals surface area contributed by atoms with E-state index in [-0.39, 0.29) is 6.10 Å². The maximum Gasteiger partial charge on any atom is 0.0545 e. The number of hydrogen-bond acceptors (Lipinski definition) is 1. The summed E-state index contributed by atoms with van der Waals surface area (Å²) in [5.74, 6) is 3.00. The maximum atomic E-state index is 10.3. The first kappa shape index (κ1) is 21.0. The first-order chi connectivity index (χ1) is 11.9. The van der Waals surface area contributed by atoms with Crippen LogP contribution in [-0.2, 0) is 0 Å². The van der Waals surface area contributed by atoms with Gasteiger partial charge < -0.3 is 5.11 Å². The molecule has 0 heterocycles. The highest BCUT2D eigenvalue weighted by molar-refractivity contribution is 5.28. The molecule has 0 aliphatic heterocycles. The molecule has 2 fully saturated rings. The van der Waals surface area contributed by atoms with E-state index < -0.39 is 0 Å². The average molecular weight is 349 g/mol. The second-order valence-electron chi connectivity index (χ2n) is 9.36. The molecule has 0 aromatic rings. The molecular weight excluding hydrogens is 304 g/mol. The van der Waals surface area contributed by atoms with Gasteiger partial charge in [0, 0.05) is 0 Å². The Hall–Kier alpha value is -0.300. The molecule has 25 heavy (non-hydrogen) atoms. The van der Waals surface area contributed by atoms with Gasteiger partial charge in [-0.3, -0.25) is 0 Å². The zero-order valence-electron chi connectivity index (χ0n) is 18.1. The van der Waals surface area contributed by atoms with Crippen LogP contribution in [0, 0.1) is 34.5 Å². The maximum absolute atomic E-state index is 10.3. The van der Waals surface area contributed by atoms with Crippen LogP contribution in [0.5, 0.6) is 0 Å². The number of allylic oxidation sites excluding steroid dienone is 2. The van der Waals surface area contributed by atoms with Crippen molar-refractivity contribution in [2.45, 2.75) is 106 Å². The van der Waals surface area contributed by atoms with E-state index in [2.05, 4.69) is 33.8 Å². The molecule has 1 heteroatoms. The van der Waals surface area contributed by atoms with Crippen LogP contribution in [0.25, 0.3) is 0 Å². The van der Waals surface area contributed by atoms with Gasteiger partial charge in [0.2, 0.25) is 0 Å². The van der Waals surface area contributed by atoms with Crippen LogP contribution in [-0.4, -0.2) is 11.2 Å². The van der Waals surface area contributed by atoms with Crippen molar-refractivity contribution in [1.82, 2.24) is 0 Å². The summed E-state index contributed by atoms with van der Waals surface area (Å²) < 4.78 is 0. The van der Waals surface area contributed by atoms with Gasteiger partial charge in [-0.15, -0.1) is 0 Å². The average Bonchev–Trinajstić information content (AvgIpc) is 2.94. The molecule has 1 nitrogen and oxygen atoms in total. The van der Waals surface area contributed by atoms with Gasteiger partial charge in [0.15, 0.2) is 0 Å². The molecule has 0 bridgehead atoms. The lowest BCUT2D eigenvalue weighted by Gasteiger charge is -2.55. The van der Waals surface area contributed by atoms with E-state index in [1.165, 1.54) is 51.4 Å².